The maximum Gasteiger partial charge on any atom is 0.335 e. The van der Waals surface area contributed by atoms with Crippen LogP contribution in [-0.4, -0.2) is 35.4 Å². The molecule has 4 amide bonds. The van der Waals surface area contributed by atoms with Gasteiger partial charge in [0.1, 0.15) is 0 Å². The molecule has 2 heterocycles. The van der Waals surface area contributed by atoms with Gasteiger partial charge in [0.25, 0.3) is 11.6 Å². The Bertz CT molecular complexity index is 1200. The predicted octanol–water partition coefficient (Wildman–Crippen LogP) is 4.50. The van der Waals surface area contributed by atoms with Gasteiger partial charge in [-0.15, -0.1) is 0 Å². The molecule has 0 unspecified atom stereocenters. The summed E-state index contributed by atoms with van der Waals surface area (Å²) in [5.74, 6) is -1.23. The summed E-state index contributed by atoms with van der Waals surface area (Å²) in [6.45, 7) is 6.50. The lowest BCUT2D eigenvalue weighted by atomic mass is 9.67. The summed E-state index contributed by atoms with van der Waals surface area (Å²) in [5, 5.41) is 13.9. The van der Waals surface area contributed by atoms with Gasteiger partial charge < -0.3 is 4.90 Å². The zero-order valence-corrected chi connectivity index (χ0v) is 20.2. The Morgan fingerprint density at radius 1 is 1.11 bits per heavy atom. The minimum atomic E-state index is -1.59. The van der Waals surface area contributed by atoms with Crippen molar-refractivity contribution < 1.29 is 19.3 Å². The molecule has 2 aromatic carbocycles. The molecular formula is C26H30N4O5. The van der Waals surface area contributed by atoms with Gasteiger partial charge in [0.15, 0.2) is 5.41 Å². The highest BCUT2D eigenvalue weighted by molar-refractivity contribution is 6.30. The fraction of sp³-hybridized carbons (Fsp3) is 0.423. The lowest BCUT2D eigenvalue weighted by Crippen LogP contribution is -2.72. The number of nitrogens with zero attached hydrogens (tertiary/aromatic N) is 3. The Morgan fingerprint density at radius 3 is 2.54 bits per heavy atom. The molecule has 1 fully saturated rings. The SMILES string of the molecule is CCCCN1c2ccc([N+](=O)[O-])cc2C[C@]2(C(=O)NC(=O)N(c3cccc(C)c3)C2=O)[C@H]1CCC. The van der Waals surface area contributed by atoms with Gasteiger partial charge in [-0.3, -0.25) is 25.0 Å². The number of nitro groups is 1. The molecule has 4 rings (SSSR count). The van der Waals surface area contributed by atoms with Gasteiger partial charge in [-0.25, -0.2) is 9.69 Å². The molecule has 0 radical (unpaired) electrons. The molecule has 1 saturated heterocycles. The lowest BCUT2D eigenvalue weighted by molar-refractivity contribution is -0.384. The van der Waals surface area contributed by atoms with E-state index in [-0.39, 0.29) is 12.1 Å². The molecule has 0 aliphatic carbocycles. The maximum atomic E-state index is 14.3. The summed E-state index contributed by atoms with van der Waals surface area (Å²) >= 11 is 0. The van der Waals surface area contributed by atoms with Crippen molar-refractivity contribution in [3.8, 4) is 0 Å². The van der Waals surface area contributed by atoms with E-state index in [1.807, 2.05) is 19.9 Å². The molecule has 0 bridgehead atoms. The molecule has 9 nitrogen and oxygen atoms in total. The Hall–Kier alpha value is -3.75. The molecule has 1 N–H and O–H groups in total. The van der Waals surface area contributed by atoms with Crippen LogP contribution in [0.15, 0.2) is 42.5 Å². The van der Waals surface area contributed by atoms with Gasteiger partial charge in [0, 0.05) is 30.8 Å². The first kappa shape index (κ1) is 24.4. The van der Waals surface area contributed by atoms with E-state index in [0.29, 0.717) is 24.2 Å². The van der Waals surface area contributed by atoms with Crippen LogP contribution in [0.5, 0.6) is 0 Å². The van der Waals surface area contributed by atoms with E-state index < -0.39 is 34.2 Å². The summed E-state index contributed by atoms with van der Waals surface area (Å²) in [6.07, 6.45) is 2.98. The Morgan fingerprint density at radius 2 is 1.89 bits per heavy atom. The highest BCUT2D eigenvalue weighted by Crippen LogP contribution is 2.47. The zero-order chi connectivity index (χ0) is 25.3. The van der Waals surface area contributed by atoms with Crippen molar-refractivity contribution in [3.05, 3.63) is 63.7 Å². The number of hydrogen-bond donors (Lipinski definition) is 1. The maximum absolute atomic E-state index is 14.3. The first-order valence-electron chi connectivity index (χ1n) is 12.0. The highest BCUT2D eigenvalue weighted by Gasteiger charge is 2.62. The number of fused-ring (bicyclic) bond motifs is 1. The van der Waals surface area contributed by atoms with Crippen LogP contribution in [-0.2, 0) is 16.0 Å². The quantitative estimate of drug-likeness (QED) is 0.356. The number of amides is 4. The van der Waals surface area contributed by atoms with Crippen LogP contribution in [0.1, 0.15) is 50.7 Å². The molecule has 35 heavy (non-hydrogen) atoms. The number of carbonyl (C=O) groups is 3. The van der Waals surface area contributed by atoms with E-state index in [4.69, 9.17) is 0 Å². The van der Waals surface area contributed by atoms with Gasteiger partial charge >= 0.3 is 6.03 Å². The van der Waals surface area contributed by atoms with E-state index in [2.05, 4.69) is 17.1 Å². The van der Waals surface area contributed by atoms with Crippen molar-refractivity contribution in [2.24, 2.45) is 5.41 Å². The third-order valence-electron chi connectivity index (χ3n) is 6.99. The number of nitro benzene ring substituents is 1. The number of benzene rings is 2. The summed E-state index contributed by atoms with van der Waals surface area (Å²) in [6, 6.07) is 10.4. The lowest BCUT2D eigenvalue weighted by Gasteiger charge is -2.52. The number of barbiturate groups is 1. The van der Waals surface area contributed by atoms with Gasteiger partial charge in [-0.1, -0.05) is 38.8 Å². The number of rotatable bonds is 7. The average Bonchev–Trinajstić information content (AvgIpc) is 2.82. The van der Waals surface area contributed by atoms with Crippen LogP contribution in [0.2, 0.25) is 0 Å². The van der Waals surface area contributed by atoms with E-state index in [9.17, 15) is 24.5 Å². The van der Waals surface area contributed by atoms with Gasteiger partial charge in [-0.05, 0) is 49.1 Å². The van der Waals surface area contributed by atoms with Crippen LogP contribution in [0, 0.1) is 22.5 Å². The fourth-order valence-electron chi connectivity index (χ4n) is 5.34. The number of imide groups is 2. The molecule has 9 heteroatoms. The highest BCUT2D eigenvalue weighted by atomic mass is 16.6. The second-order valence-electron chi connectivity index (χ2n) is 9.31. The van der Waals surface area contributed by atoms with Gasteiger partial charge in [0.2, 0.25) is 5.91 Å². The number of nitrogens with one attached hydrogen (secondary N) is 1. The zero-order valence-electron chi connectivity index (χ0n) is 20.2. The Labute approximate surface area is 204 Å². The summed E-state index contributed by atoms with van der Waals surface area (Å²) < 4.78 is 0. The number of urea groups is 1. The Kier molecular flexibility index (Phi) is 6.60. The molecule has 0 saturated carbocycles. The number of carbonyl (C=O) groups excluding carboxylic acids is 3. The van der Waals surface area contributed by atoms with Crippen LogP contribution in [0.3, 0.4) is 0 Å². The molecule has 184 valence electrons. The topological polar surface area (TPSA) is 113 Å². The standard InChI is InChI=1S/C26H30N4O5/c1-4-6-13-28-21-12-11-20(30(34)35)15-18(21)16-26(22(28)8-5-2)23(31)27-25(33)29(24(26)32)19-10-7-9-17(3)14-19/h7,9-12,14-15,22H,4-6,8,13,16H2,1-3H3,(H,27,31,33)/t22-,26-/m1/s1. The number of aryl methyl sites for hydroxylation is 1. The fourth-order valence-corrected chi connectivity index (χ4v) is 5.34. The number of non-ortho nitro benzene ring substituents is 1. The van der Waals surface area contributed by atoms with Crippen molar-refractivity contribution in [1.29, 1.82) is 0 Å². The van der Waals surface area contributed by atoms with E-state index in [1.165, 1.54) is 12.1 Å². The van der Waals surface area contributed by atoms with Crippen LogP contribution >= 0.6 is 0 Å². The molecule has 2 aliphatic heterocycles. The van der Waals surface area contributed by atoms with Crippen LogP contribution < -0.4 is 15.1 Å². The monoisotopic (exact) mass is 478 g/mol. The minimum Gasteiger partial charge on any atom is -0.367 e. The van der Waals surface area contributed by atoms with Crippen molar-refractivity contribution in [2.45, 2.75) is 58.9 Å². The average molecular weight is 479 g/mol. The van der Waals surface area contributed by atoms with Crippen molar-refractivity contribution >= 4 is 34.9 Å². The van der Waals surface area contributed by atoms with Crippen molar-refractivity contribution in [1.82, 2.24) is 5.32 Å². The smallest absolute Gasteiger partial charge is 0.335 e. The minimum absolute atomic E-state index is 0.0163. The molecule has 2 atom stereocenters. The molecule has 2 aliphatic rings. The molecule has 1 spiro atoms. The molecule has 0 aromatic heterocycles. The largest absolute Gasteiger partial charge is 0.367 e. The van der Waals surface area contributed by atoms with E-state index in [0.717, 1.165) is 35.4 Å². The second kappa shape index (κ2) is 9.48. The summed E-state index contributed by atoms with van der Waals surface area (Å²) in [7, 11) is 0. The third-order valence-corrected chi connectivity index (χ3v) is 6.99. The Balaban J connectivity index is 1.92. The summed E-state index contributed by atoms with van der Waals surface area (Å²) in [4.78, 5) is 54.9. The summed E-state index contributed by atoms with van der Waals surface area (Å²) in [5.41, 5.74) is 0.924. The van der Waals surface area contributed by atoms with E-state index in [1.54, 1.807) is 24.3 Å². The van der Waals surface area contributed by atoms with Gasteiger partial charge in [-0.2, -0.15) is 0 Å². The van der Waals surface area contributed by atoms with E-state index >= 15 is 0 Å². The molecular weight excluding hydrogens is 448 g/mol. The van der Waals surface area contributed by atoms with Crippen molar-refractivity contribution in [3.63, 3.8) is 0 Å². The first-order chi connectivity index (χ1) is 16.7. The normalized spacial score (nSPS) is 21.8. The number of unbranched alkanes of at least 4 members (excludes halogenated alkanes) is 1. The van der Waals surface area contributed by atoms with Crippen molar-refractivity contribution in [2.75, 3.05) is 16.3 Å². The first-order valence-corrected chi connectivity index (χ1v) is 12.0. The van der Waals surface area contributed by atoms with Gasteiger partial charge in [0.05, 0.1) is 16.7 Å². The number of anilines is 2. The van der Waals surface area contributed by atoms with Crippen LogP contribution in [0.4, 0.5) is 21.9 Å². The second-order valence-corrected chi connectivity index (χ2v) is 9.31. The number of hydrogen-bond acceptors (Lipinski definition) is 6. The third kappa shape index (κ3) is 4.05. The van der Waals surface area contributed by atoms with Crippen LogP contribution in [0.25, 0.3) is 0 Å². The molecule has 2 aromatic rings. The predicted molar refractivity (Wildman–Crippen MR) is 132 cm³/mol.